The number of hydrogen-bond acceptors (Lipinski definition) is 3. The Bertz CT molecular complexity index is 438. The van der Waals surface area contributed by atoms with Gasteiger partial charge in [-0.15, -0.1) is 11.3 Å². The van der Waals surface area contributed by atoms with Gasteiger partial charge in [0.25, 0.3) is 0 Å². The monoisotopic (exact) mass is 310 g/mol. The van der Waals surface area contributed by atoms with E-state index in [-0.39, 0.29) is 0 Å². The van der Waals surface area contributed by atoms with Crippen LogP contribution in [0.1, 0.15) is 49.2 Å². The van der Waals surface area contributed by atoms with E-state index < -0.39 is 0 Å². The molecule has 0 saturated heterocycles. The summed E-state index contributed by atoms with van der Waals surface area (Å²) in [4.78, 5) is 10.1. The summed E-state index contributed by atoms with van der Waals surface area (Å²) < 4.78 is 0. The molecule has 0 fully saturated rings. The summed E-state index contributed by atoms with van der Waals surface area (Å²) in [6.07, 6.45) is 3.33. The van der Waals surface area contributed by atoms with E-state index in [2.05, 4.69) is 55.2 Å². The van der Waals surface area contributed by atoms with Crippen molar-refractivity contribution in [3.8, 4) is 0 Å². The van der Waals surface area contributed by atoms with E-state index in [9.17, 15) is 0 Å². The van der Waals surface area contributed by atoms with Crippen LogP contribution in [0.2, 0.25) is 0 Å². The van der Waals surface area contributed by atoms with Crippen LogP contribution in [0.25, 0.3) is 0 Å². The lowest BCUT2D eigenvalue weighted by atomic mass is 9.91. The zero-order chi connectivity index (χ0) is 15.9. The molecule has 120 valence electrons. The summed E-state index contributed by atoms with van der Waals surface area (Å²) in [6, 6.07) is 0. The Kier molecular flexibility index (Phi) is 7.15. The van der Waals surface area contributed by atoms with Gasteiger partial charge < -0.3 is 10.6 Å². The van der Waals surface area contributed by atoms with Crippen LogP contribution in [0, 0.1) is 19.3 Å². The molecule has 0 aromatic carbocycles. The molecule has 0 aliphatic carbocycles. The SMILES string of the molecule is CN=C(NCCCC(C)(C)C)NCCc1nc(C)c(C)s1. The Morgan fingerprint density at radius 1 is 1.19 bits per heavy atom. The number of guanidine groups is 1. The van der Waals surface area contributed by atoms with Crippen molar-refractivity contribution >= 4 is 17.3 Å². The van der Waals surface area contributed by atoms with Crippen LogP contribution in [0.4, 0.5) is 0 Å². The van der Waals surface area contributed by atoms with Gasteiger partial charge in [0.15, 0.2) is 5.96 Å². The summed E-state index contributed by atoms with van der Waals surface area (Å²) in [5.74, 6) is 0.883. The van der Waals surface area contributed by atoms with E-state index in [1.54, 1.807) is 11.3 Å². The number of aliphatic imine (C=N–C) groups is 1. The van der Waals surface area contributed by atoms with E-state index in [4.69, 9.17) is 0 Å². The third kappa shape index (κ3) is 7.46. The molecule has 5 heteroatoms. The summed E-state index contributed by atoms with van der Waals surface area (Å²) in [6.45, 7) is 12.9. The number of nitrogens with one attached hydrogen (secondary N) is 2. The highest BCUT2D eigenvalue weighted by atomic mass is 32.1. The third-order valence-electron chi connectivity index (χ3n) is 3.32. The molecule has 0 aliphatic heterocycles. The minimum atomic E-state index is 0.402. The molecule has 1 heterocycles. The van der Waals surface area contributed by atoms with Crippen LogP contribution in [0.15, 0.2) is 4.99 Å². The van der Waals surface area contributed by atoms with Gasteiger partial charge in [0, 0.05) is 31.4 Å². The van der Waals surface area contributed by atoms with Crippen molar-refractivity contribution in [3.63, 3.8) is 0 Å². The van der Waals surface area contributed by atoms with Crippen molar-refractivity contribution in [1.82, 2.24) is 15.6 Å². The summed E-state index contributed by atoms with van der Waals surface area (Å²) >= 11 is 1.79. The average molecular weight is 311 g/mol. The van der Waals surface area contributed by atoms with E-state index in [0.717, 1.165) is 37.6 Å². The first-order valence-electron chi connectivity index (χ1n) is 7.69. The highest BCUT2D eigenvalue weighted by molar-refractivity contribution is 7.11. The van der Waals surface area contributed by atoms with Crippen LogP contribution in [-0.2, 0) is 6.42 Å². The fourth-order valence-electron chi connectivity index (χ4n) is 1.98. The van der Waals surface area contributed by atoms with Gasteiger partial charge in [-0.3, -0.25) is 4.99 Å². The second-order valence-corrected chi connectivity index (χ2v) is 7.88. The molecule has 0 unspecified atom stereocenters. The number of nitrogens with zero attached hydrogens (tertiary/aromatic N) is 2. The highest BCUT2D eigenvalue weighted by Crippen LogP contribution is 2.19. The van der Waals surface area contributed by atoms with Crippen LogP contribution >= 0.6 is 11.3 Å². The number of thiazole rings is 1. The highest BCUT2D eigenvalue weighted by Gasteiger charge is 2.09. The molecule has 0 bridgehead atoms. The Balaban J connectivity index is 2.22. The van der Waals surface area contributed by atoms with Crippen molar-refractivity contribution in [2.75, 3.05) is 20.1 Å². The van der Waals surface area contributed by atoms with Crippen LogP contribution in [0.5, 0.6) is 0 Å². The normalized spacial score (nSPS) is 12.6. The lowest BCUT2D eigenvalue weighted by Crippen LogP contribution is -2.38. The zero-order valence-corrected chi connectivity index (χ0v) is 15.2. The Hall–Kier alpha value is -1.10. The fourth-order valence-corrected chi connectivity index (χ4v) is 2.91. The molecule has 1 aromatic rings. The summed E-state index contributed by atoms with van der Waals surface area (Å²) in [5.41, 5.74) is 1.55. The molecule has 0 aliphatic rings. The van der Waals surface area contributed by atoms with Crippen molar-refractivity contribution < 1.29 is 0 Å². The van der Waals surface area contributed by atoms with Gasteiger partial charge in [0.05, 0.1) is 10.7 Å². The standard InChI is InChI=1S/C16H30N4S/c1-12-13(2)21-14(20-12)8-11-19-15(17-6)18-10-7-9-16(3,4)5/h7-11H2,1-6H3,(H2,17,18,19). The molecule has 1 aromatic heterocycles. The maximum atomic E-state index is 4.55. The van der Waals surface area contributed by atoms with Gasteiger partial charge in [-0.05, 0) is 32.1 Å². The third-order valence-corrected chi connectivity index (χ3v) is 4.46. The van der Waals surface area contributed by atoms with Gasteiger partial charge in [0.2, 0.25) is 0 Å². The first kappa shape index (κ1) is 18.0. The Morgan fingerprint density at radius 2 is 1.86 bits per heavy atom. The van der Waals surface area contributed by atoms with Crippen LogP contribution < -0.4 is 10.6 Å². The molecular formula is C16H30N4S. The molecule has 0 spiro atoms. The summed E-state index contributed by atoms with van der Waals surface area (Å²) in [5, 5.41) is 7.91. The van der Waals surface area contributed by atoms with E-state index >= 15 is 0 Å². The summed E-state index contributed by atoms with van der Waals surface area (Å²) in [7, 11) is 1.82. The topological polar surface area (TPSA) is 49.3 Å². The zero-order valence-electron chi connectivity index (χ0n) is 14.3. The number of aromatic nitrogens is 1. The maximum Gasteiger partial charge on any atom is 0.190 e. The molecule has 0 radical (unpaired) electrons. The molecule has 21 heavy (non-hydrogen) atoms. The second-order valence-electron chi connectivity index (χ2n) is 6.59. The van der Waals surface area contributed by atoms with Crippen molar-refractivity contribution in [3.05, 3.63) is 15.6 Å². The molecule has 0 saturated carbocycles. The van der Waals surface area contributed by atoms with Gasteiger partial charge in [-0.25, -0.2) is 4.98 Å². The van der Waals surface area contributed by atoms with Gasteiger partial charge >= 0.3 is 0 Å². The van der Waals surface area contributed by atoms with Crippen LogP contribution in [0.3, 0.4) is 0 Å². The van der Waals surface area contributed by atoms with E-state index in [1.807, 2.05) is 7.05 Å². The van der Waals surface area contributed by atoms with E-state index in [0.29, 0.717) is 5.41 Å². The first-order chi connectivity index (χ1) is 9.81. The van der Waals surface area contributed by atoms with Crippen molar-refractivity contribution in [2.45, 2.75) is 53.9 Å². The lowest BCUT2D eigenvalue weighted by molar-refractivity contribution is 0.365. The van der Waals surface area contributed by atoms with Crippen LogP contribution in [-0.4, -0.2) is 31.1 Å². The average Bonchev–Trinajstić information content (AvgIpc) is 2.70. The number of rotatable bonds is 6. The predicted octanol–water partition coefficient (Wildman–Crippen LogP) is 3.29. The smallest absolute Gasteiger partial charge is 0.190 e. The first-order valence-corrected chi connectivity index (χ1v) is 8.51. The minimum Gasteiger partial charge on any atom is -0.356 e. The quantitative estimate of drug-likeness (QED) is 0.481. The Labute approximate surface area is 133 Å². The van der Waals surface area contributed by atoms with E-state index in [1.165, 1.54) is 16.3 Å². The van der Waals surface area contributed by atoms with Gasteiger partial charge in [0.1, 0.15) is 0 Å². The Morgan fingerprint density at radius 3 is 2.38 bits per heavy atom. The number of hydrogen-bond donors (Lipinski definition) is 2. The lowest BCUT2D eigenvalue weighted by Gasteiger charge is -2.18. The molecule has 4 nitrogen and oxygen atoms in total. The maximum absolute atomic E-state index is 4.55. The molecule has 1 rings (SSSR count). The largest absolute Gasteiger partial charge is 0.356 e. The van der Waals surface area contributed by atoms with Crippen molar-refractivity contribution in [1.29, 1.82) is 0 Å². The molecule has 2 N–H and O–H groups in total. The predicted molar refractivity (Wildman–Crippen MR) is 93.3 cm³/mol. The van der Waals surface area contributed by atoms with Gasteiger partial charge in [-0.1, -0.05) is 20.8 Å². The minimum absolute atomic E-state index is 0.402. The second kappa shape index (κ2) is 8.37. The molecular weight excluding hydrogens is 280 g/mol. The molecule has 0 amide bonds. The number of aryl methyl sites for hydroxylation is 2. The van der Waals surface area contributed by atoms with Crippen molar-refractivity contribution in [2.24, 2.45) is 10.4 Å². The molecule has 0 atom stereocenters. The fraction of sp³-hybridized carbons (Fsp3) is 0.750. The van der Waals surface area contributed by atoms with Gasteiger partial charge in [-0.2, -0.15) is 0 Å².